The van der Waals surface area contributed by atoms with E-state index >= 15 is 0 Å². The molecule has 10 heteroatoms. The minimum atomic E-state index is -4.84. The molecule has 1 unspecified atom stereocenters. The van der Waals surface area contributed by atoms with Gasteiger partial charge in [-0.2, -0.15) is 0 Å². The fourth-order valence-corrected chi connectivity index (χ4v) is 5.19. The first-order valence-electron chi connectivity index (χ1n) is 9.40. The monoisotopic (exact) mass is 467 g/mol. The van der Waals surface area contributed by atoms with Crippen LogP contribution in [0.1, 0.15) is 22.4 Å². The molecular formula is C22H20F3NO5S. The van der Waals surface area contributed by atoms with E-state index in [1.54, 1.807) is 36.5 Å². The highest BCUT2D eigenvalue weighted by Crippen LogP contribution is 2.40. The predicted molar refractivity (Wildman–Crippen MR) is 111 cm³/mol. The van der Waals surface area contributed by atoms with Gasteiger partial charge in [0.1, 0.15) is 10.5 Å². The van der Waals surface area contributed by atoms with Gasteiger partial charge in [-0.3, -0.25) is 4.79 Å². The van der Waals surface area contributed by atoms with Gasteiger partial charge in [-0.05, 0) is 41.0 Å². The molecule has 0 radical (unpaired) electrons. The number of alkyl halides is 3. The minimum Gasteiger partial charge on any atom is -0.481 e. The highest BCUT2D eigenvalue weighted by molar-refractivity contribution is 7.91. The summed E-state index contributed by atoms with van der Waals surface area (Å²) in [5.74, 6) is -1.48. The number of aliphatic carboxylic acids is 1. The van der Waals surface area contributed by atoms with Crippen molar-refractivity contribution < 1.29 is 36.2 Å². The Morgan fingerprint density at radius 3 is 2.25 bits per heavy atom. The summed E-state index contributed by atoms with van der Waals surface area (Å²) in [6.45, 7) is 0. The third kappa shape index (κ3) is 5.13. The fraction of sp³-hybridized carbons (Fsp3) is 0.227. The zero-order valence-corrected chi connectivity index (χ0v) is 17.7. The van der Waals surface area contributed by atoms with E-state index in [1.165, 1.54) is 18.2 Å². The Morgan fingerprint density at radius 1 is 1.03 bits per heavy atom. The third-order valence-corrected chi connectivity index (χ3v) is 6.89. The van der Waals surface area contributed by atoms with Crippen molar-refractivity contribution in [2.45, 2.75) is 24.0 Å². The fourth-order valence-electron chi connectivity index (χ4n) is 3.68. The third-order valence-electron chi connectivity index (χ3n) is 5.02. The van der Waals surface area contributed by atoms with Crippen molar-refractivity contribution in [2.75, 3.05) is 6.26 Å². The van der Waals surface area contributed by atoms with E-state index in [2.05, 4.69) is 9.72 Å². The molecule has 170 valence electrons. The zero-order chi connectivity index (χ0) is 23.6. The molecule has 0 saturated heterocycles. The Morgan fingerprint density at radius 2 is 1.72 bits per heavy atom. The first kappa shape index (κ1) is 23.4. The summed E-state index contributed by atoms with van der Waals surface area (Å²) >= 11 is 0. The second-order valence-electron chi connectivity index (χ2n) is 7.32. The summed E-state index contributed by atoms with van der Waals surface area (Å²) in [5, 5.41) is 9.13. The molecule has 2 N–H and O–H groups in total. The van der Waals surface area contributed by atoms with E-state index in [-0.39, 0.29) is 12.8 Å². The number of hydrogen-bond acceptors (Lipinski definition) is 4. The van der Waals surface area contributed by atoms with Crippen LogP contribution in [-0.2, 0) is 32.2 Å². The van der Waals surface area contributed by atoms with Gasteiger partial charge in [0.15, 0.2) is 9.84 Å². The van der Waals surface area contributed by atoms with Crippen LogP contribution in [0.4, 0.5) is 13.2 Å². The highest BCUT2D eigenvalue weighted by Gasteiger charge is 2.45. The number of hydrogen-bond donors (Lipinski definition) is 2. The smallest absolute Gasteiger partial charge is 0.481 e. The number of carbonyl (C=O) groups is 1. The largest absolute Gasteiger partial charge is 0.573 e. The zero-order valence-electron chi connectivity index (χ0n) is 16.9. The average molecular weight is 467 g/mol. The van der Waals surface area contributed by atoms with E-state index in [4.69, 9.17) is 5.11 Å². The standard InChI is InChI=1S/C22H20F3NO5S/c1-32(29,30)21(19-6-3-11-26-19,17-5-2-4-16(12-17)13-20(27)28)14-15-7-9-18(10-8-15)31-22(23,24)25/h2-12,26H,13-14H2,1H3,(H,27,28). The van der Waals surface area contributed by atoms with Crippen LogP contribution in [0.15, 0.2) is 66.9 Å². The van der Waals surface area contributed by atoms with Gasteiger partial charge in [-0.15, -0.1) is 13.2 Å². The summed E-state index contributed by atoms with van der Waals surface area (Å²) in [6, 6.07) is 14.5. The Bertz CT molecular complexity index is 1190. The van der Waals surface area contributed by atoms with Gasteiger partial charge in [-0.25, -0.2) is 8.42 Å². The SMILES string of the molecule is CS(=O)(=O)C(Cc1ccc(OC(F)(F)F)cc1)(c1cccc(CC(=O)O)c1)c1ccc[nH]1. The Labute approximate surface area is 182 Å². The lowest BCUT2D eigenvalue weighted by Crippen LogP contribution is -2.39. The normalized spacial score (nSPS) is 14.0. The van der Waals surface area contributed by atoms with Gasteiger partial charge < -0.3 is 14.8 Å². The molecule has 1 aromatic heterocycles. The molecule has 0 aliphatic heterocycles. The van der Waals surface area contributed by atoms with Crippen molar-refractivity contribution in [3.8, 4) is 5.75 Å². The molecule has 0 aliphatic carbocycles. The van der Waals surface area contributed by atoms with Crippen LogP contribution in [0, 0.1) is 0 Å². The summed E-state index contributed by atoms with van der Waals surface area (Å²) in [4.78, 5) is 14.1. The highest BCUT2D eigenvalue weighted by atomic mass is 32.2. The van der Waals surface area contributed by atoms with Crippen molar-refractivity contribution >= 4 is 15.8 Å². The van der Waals surface area contributed by atoms with Crippen LogP contribution in [-0.4, -0.2) is 37.1 Å². The van der Waals surface area contributed by atoms with Crippen molar-refractivity contribution in [3.05, 3.63) is 89.2 Å². The second-order valence-corrected chi connectivity index (χ2v) is 9.56. The Kier molecular flexibility index (Phi) is 6.36. The number of halogens is 3. The maximum atomic E-state index is 13.2. The van der Waals surface area contributed by atoms with Gasteiger partial charge in [0.25, 0.3) is 0 Å². The lowest BCUT2D eigenvalue weighted by atomic mass is 9.87. The van der Waals surface area contributed by atoms with Crippen molar-refractivity contribution in [2.24, 2.45) is 0 Å². The molecule has 1 atom stereocenters. The topological polar surface area (TPSA) is 96.5 Å². The number of aromatic nitrogens is 1. The van der Waals surface area contributed by atoms with Crippen LogP contribution in [0.2, 0.25) is 0 Å². The molecule has 0 fully saturated rings. The molecule has 0 bridgehead atoms. The quantitative estimate of drug-likeness (QED) is 0.521. The van der Waals surface area contributed by atoms with E-state index in [0.29, 0.717) is 22.4 Å². The van der Waals surface area contributed by atoms with Crippen molar-refractivity contribution in [1.29, 1.82) is 0 Å². The number of rotatable bonds is 8. The number of ether oxygens (including phenoxy) is 1. The lowest BCUT2D eigenvalue weighted by Gasteiger charge is -2.32. The molecule has 6 nitrogen and oxygen atoms in total. The maximum Gasteiger partial charge on any atom is 0.573 e. The molecule has 0 saturated carbocycles. The molecule has 0 spiro atoms. The number of H-pyrrole nitrogens is 1. The van der Waals surface area contributed by atoms with E-state index in [1.807, 2.05) is 0 Å². The Hall–Kier alpha value is -3.27. The molecule has 3 aromatic rings. The summed E-state index contributed by atoms with van der Waals surface area (Å²) < 4.78 is 66.1. The molecule has 32 heavy (non-hydrogen) atoms. The first-order chi connectivity index (χ1) is 14.9. The van der Waals surface area contributed by atoms with Gasteiger partial charge in [0.05, 0.1) is 6.42 Å². The second kappa shape index (κ2) is 8.70. The van der Waals surface area contributed by atoms with Gasteiger partial charge in [0, 0.05) is 24.6 Å². The molecule has 0 amide bonds. The van der Waals surface area contributed by atoms with Gasteiger partial charge >= 0.3 is 12.3 Å². The average Bonchev–Trinajstić information content (AvgIpc) is 3.20. The van der Waals surface area contributed by atoms with Crippen LogP contribution < -0.4 is 4.74 Å². The number of aromatic amines is 1. The van der Waals surface area contributed by atoms with E-state index in [9.17, 15) is 26.4 Å². The number of sulfone groups is 1. The van der Waals surface area contributed by atoms with Crippen molar-refractivity contribution in [1.82, 2.24) is 4.98 Å². The van der Waals surface area contributed by atoms with E-state index < -0.39 is 32.7 Å². The molecular weight excluding hydrogens is 447 g/mol. The maximum absolute atomic E-state index is 13.2. The summed E-state index contributed by atoms with van der Waals surface area (Å²) in [5.41, 5.74) is 1.56. The lowest BCUT2D eigenvalue weighted by molar-refractivity contribution is -0.274. The number of nitrogens with one attached hydrogen (secondary N) is 1. The van der Waals surface area contributed by atoms with Gasteiger partial charge in [-0.1, -0.05) is 36.4 Å². The first-order valence-corrected chi connectivity index (χ1v) is 11.3. The van der Waals surface area contributed by atoms with Crippen LogP contribution >= 0.6 is 0 Å². The predicted octanol–water partition coefficient (Wildman–Crippen LogP) is 4.07. The minimum absolute atomic E-state index is 0.102. The number of carboxylic acids is 1. The summed E-state index contributed by atoms with van der Waals surface area (Å²) in [7, 11) is -3.87. The van der Waals surface area contributed by atoms with Crippen molar-refractivity contribution in [3.63, 3.8) is 0 Å². The van der Waals surface area contributed by atoms with Crippen LogP contribution in [0.25, 0.3) is 0 Å². The van der Waals surface area contributed by atoms with Crippen LogP contribution in [0.3, 0.4) is 0 Å². The number of carboxylic acid groups (broad SMARTS) is 1. The number of benzene rings is 2. The molecule has 1 heterocycles. The van der Waals surface area contributed by atoms with E-state index in [0.717, 1.165) is 18.4 Å². The summed E-state index contributed by atoms with van der Waals surface area (Å²) in [6.07, 6.45) is -2.60. The van der Waals surface area contributed by atoms with Crippen LogP contribution in [0.5, 0.6) is 5.75 Å². The molecule has 3 rings (SSSR count). The Balaban J connectivity index is 2.13. The molecule has 0 aliphatic rings. The molecule has 2 aromatic carbocycles. The van der Waals surface area contributed by atoms with Gasteiger partial charge in [0.2, 0.25) is 0 Å².